The van der Waals surface area contributed by atoms with Gasteiger partial charge in [0.05, 0.1) is 4.90 Å². The fourth-order valence-electron chi connectivity index (χ4n) is 1.91. The molecule has 1 unspecified atom stereocenters. The SMILES string of the molecule is CCCNC(CC)Cc1ccc(S(=O)(=O)C(F)F)cc1. The predicted molar refractivity (Wildman–Crippen MR) is 75.7 cm³/mol. The highest BCUT2D eigenvalue weighted by Crippen LogP contribution is 2.19. The molecule has 3 nitrogen and oxygen atoms in total. The van der Waals surface area contributed by atoms with Gasteiger partial charge in [-0.15, -0.1) is 0 Å². The molecule has 0 radical (unpaired) electrons. The van der Waals surface area contributed by atoms with Crippen molar-refractivity contribution in [2.45, 2.75) is 49.8 Å². The molecule has 0 spiro atoms. The topological polar surface area (TPSA) is 46.2 Å². The highest BCUT2D eigenvalue weighted by atomic mass is 32.2. The third-order valence-corrected chi connectivity index (χ3v) is 4.54. The minimum atomic E-state index is -4.49. The van der Waals surface area contributed by atoms with Gasteiger partial charge in [0.2, 0.25) is 9.84 Å². The number of nitrogens with one attached hydrogen (secondary N) is 1. The summed E-state index contributed by atoms with van der Waals surface area (Å²) in [6, 6.07) is 6.02. The van der Waals surface area contributed by atoms with Crippen molar-refractivity contribution in [1.82, 2.24) is 5.32 Å². The second-order valence-corrected chi connectivity index (χ2v) is 6.63. The van der Waals surface area contributed by atoms with E-state index in [2.05, 4.69) is 19.2 Å². The second-order valence-electron chi connectivity index (χ2n) is 4.71. The van der Waals surface area contributed by atoms with Gasteiger partial charge >= 0.3 is 5.76 Å². The van der Waals surface area contributed by atoms with E-state index in [1.807, 2.05) is 0 Å². The van der Waals surface area contributed by atoms with E-state index in [0.717, 1.165) is 31.4 Å². The summed E-state index contributed by atoms with van der Waals surface area (Å²) >= 11 is 0. The van der Waals surface area contributed by atoms with Crippen molar-refractivity contribution in [3.05, 3.63) is 29.8 Å². The van der Waals surface area contributed by atoms with E-state index < -0.39 is 15.6 Å². The lowest BCUT2D eigenvalue weighted by molar-refractivity contribution is 0.234. The zero-order valence-electron chi connectivity index (χ0n) is 11.8. The molecule has 0 saturated carbocycles. The van der Waals surface area contributed by atoms with Crippen LogP contribution in [-0.2, 0) is 16.3 Å². The van der Waals surface area contributed by atoms with Crippen LogP contribution >= 0.6 is 0 Å². The minimum Gasteiger partial charge on any atom is -0.314 e. The van der Waals surface area contributed by atoms with E-state index in [0.29, 0.717) is 6.04 Å². The highest BCUT2D eigenvalue weighted by molar-refractivity contribution is 7.91. The molecule has 1 N–H and O–H groups in total. The van der Waals surface area contributed by atoms with Crippen molar-refractivity contribution >= 4 is 9.84 Å². The summed E-state index contributed by atoms with van der Waals surface area (Å²) in [5, 5.41) is 3.39. The van der Waals surface area contributed by atoms with E-state index in [9.17, 15) is 17.2 Å². The lowest BCUT2D eigenvalue weighted by Crippen LogP contribution is -2.31. The van der Waals surface area contributed by atoms with Crippen LogP contribution in [0.4, 0.5) is 8.78 Å². The van der Waals surface area contributed by atoms with E-state index in [-0.39, 0.29) is 4.90 Å². The number of rotatable bonds is 8. The Morgan fingerprint density at radius 2 is 1.75 bits per heavy atom. The molecule has 0 fully saturated rings. The van der Waals surface area contributed by atoms with Gasteiger partial charge in [-0.2, -0.15) is 8.78 Å². The van der Waals surface area contributed by atoms with Crippen molar-refractivity contribution in [1.29, 1.82) is 0 Å². The maximum Gasteiger partial charge on any atom is 0.341 e. The monoisotopic (exact) mass is 305 g/mol. The number of alkyl halides is 2. The fraction of sp³-hybridized carbons (Fsp3) is 0.571. The van der Waals surface area contributed by atoms with E-state index in [4.69, 9.17) is 0 Å². The second kappa shape index (κ2) is 7.69. The van der Waals surface area contributed by atoms with Gasteiger partial charge < -0.3 is 5.32 Å². The molecule has 0 aliphatic rings. The van der Waals surface area contributed by atoms with Gasteiger partial charge in [0.25, 0.3) is 0 Å². The first-order valence-corrected chi connectivity index (χ1v) is 8.30. The minimum absolute atomic E-state index is 0.313. The first-order valence-electron chi connectivity index (χ1n) is 6.76. The first-order chi connectivity index (χ1) is 9.41. The molecule has 1 rings (SSSR count). The molecule has 0 amide bonds. The largest absolute Gasteiger partial charge is 0.341 e. The van der Waals surface area contributed by atoms with Crippen LogP contribution < -0.4 is 5.32 Å². The summed E-state index contributed by atoms with van der Waals surface area (Å²) in [6.45, 7) is 5.09. The Labute approximate surface area is 119 Å². The van der Waals surface area contributed by atoms with Crippen LogP contribution in [-0.4, -0.2) is 26.8 Å². The van der Waals surface area contributed by atoms with E-state index >= 15 is 0 Å². The molecular formula is C14H21F2NO2S. The van der Waals surface area contributed by atoms with Crippen LogP contribution in [0.1, 0.15) is 32.3 Å². The van der Waals surface area contributed by atoms with Crippen molar-refractivity contribution in [2.75, 3.05) is 6.54 Å². The standard InChI is InChI=1S/C14H21F2NO2S/c1-3-9-17-12(4-2)10-11-5-7-13(8-6-11)20(18,19)14(15)16/h5-8,12,14,17H,3-4,9-10H2,1-2H3. The zero-order chi connectivity index (χ0) is 15.2. The molecular weight excluding hydrogens is 284 g/mol. The first kappa shape index (κ1) is 17.0. The normalized spacial score (nSPS) is 13.7. The summed E-state index contributed by atoms with van der Waals surface area (Å²) in [5.74, 6) is -3.37. The van der Waals surface area contributed by atoms with Crippen LogP contribution in [0.2, 0.25) is 0 Å². The lowest BCUT2D eigenvalue weighted by Gasteiger charge is -2.16. The number of sulfone groups is 1. The number of hydrogen-bond donors (Lipinski definition) is 1. The molecule has 1 atom stereocenters. The molecule has 6 heteroatoms. The number of hydrogen-bond acceptors (Lipinski definition) is 3. The quantitative estimate of drug-likeness (QED) is 0.803. The molecule has 0 aliphatic carbocycles. The Morgan fingerprint density at radius 3 is 2.20 bits per heavy atom. The lowest BCUT2D eigenvalue weighted by atomic mass is 10.0. The van der Waals surface area contributed by atoms with Crippen LogP contribution in [0.5, 0.6) is 0 Å². The molecule has 1 aromatic rings. The summed E-state index contributed by atoms with van der Waals surface area (Å²) in [5.41, 5.74) is 0.939. The van der Waals surface area contributed by atoms with Gasteiger partial charge in [0.1, 0.15) is 0 Å². The number of benzene rings is 1. The average Bonchev–Trinajstić information content (AvgIpc) is 2.43. The van der Waals surface area contributed by atoms with E-state index in [1.54, 1.807) is 12.1 Å². The van der Waals surface area contributed by atoms with Crippen molar-refractivity contribution in [3.63, 3.8) is 0 Å². The highest BCUT2D eigenvalue weighted by Gasteiger charge is 2.26. The van der Waals surface area contributed by atoms with Crippen LogP contribution in [0, 0.1) is 0 Å². The number of halogens is 2. The van der Waals surface area contributed by atoms with Crippen LogP contribution in [0.15, 0.2) is 29.2 Å². The van der Waals surface area contributed by atoms with Gasteiger partial charge in [-0.05, 0) is 43.5 Å². The Kier molecular flexibility index (Phi) is 6.55. The van der Waals surface area contributed by atoms with Gasteiger partial charge in [-0.3, -0.25) is 0 Å². The third kappa shape index (κ3) is 4.52. The third-order valence-electron chi connectivity index (χ3n) is 3.14. The molecule has 0 heterocycles. The Morgan fingerprint density at radius 1 is 1.15 bits per heavy atom. The molecule has 0 aromatic heterocycles. The summed E-state index contributed by atoms with van der Waals surface area (Å²) in [7, 11) is -4.49. The van der Waals surface area contributed by atoms with Crippen molar-refractivity contribution < 1.29 is 17.2 Å². The van der Waals surface area contributed by atoms with Crippen LogP contribution in [0.25, 0.3) is 0 Å². The maximum atomic E-state index is 12.4. The average molecular weight is 305 g/mol. The zero-order valence-corrected chi connectivity index (χ0v) is 12.6. The summed E-state index contributed by atoms with van der Waals surface area (Å²) < 4.78 is 47.4. The van der Waals surface area contributed by atoms with Crippen LogP contribution in [0.3, 0.4) is 0 Å². The Bertz CT molecular complexity index is 500. The van der Waals surface area contributed by atoms with Gasteiger partial charge in [-0.1, -0.05) is 26.0 Å². The summed E-state index contributed by atoms with van der Waals surface area (Å²) in [6.07, 6.45) is 2.75. The van der Waals surface area contributed by atoms with Crippen molar-refractivity contribution in [3.8, 4) is 0 Å². The maximum absolute atomic E-state index is 12.4. The smallest absolute Gasteiger partial charge is 0.314 e. The molecule has 0 aliphatic heterocycles. The molecule has 1 aromatic carbocycles. The molecule has 20 heavy (non-hydrogen) atoms. The predicted octanol–water partition coefficient (Wildman–Crippen LogP) is 3.00. The van der Waals surface area contributed by atoms with E-state index in [1.165, 1.54) is 12.1 Å². The molecule has 0 bridgehead atoms. The van der Waals surface area contributed by atoms with Gasteiger partial charge in [-0.25, -0.2) is 8.42 Å². The molecule has 0 saturated heterocycles. The Hall–Kier alpha value is -1.01. The Balaban J connectivity index is 2.76. The fourth-order valence-corrected chi connectivity index (χ4v) is 2.63. The van der Waals surface area contributed by atoms with Crippen molar-refractivity contribution in [2.24, 2.45) is 0 Å². The molecule has 114 valence electrons. The van der Waals surface area contributed by atoms with Gasteiger partial charge in [0, 0.05) is 6.04 Å². The van der Waals surface area contributed by atoms with Gasteiger partial charge in [0.15, 0.2) is 0 Å². The summed E-state index contributed by atoms with van der Waals surface area (Å²) in [4.78, 5) is -0.328.